The van der Waals surface area contributed by atoms with Crippen LogP contribution in [-0.2, 0) is 4.74 Å². The molecule has 118 valence electrons. The first-order valence-electron chi connectivity index (χ1n) is 8.13. The van der Waals surface area contributed by atoms with Crippen molar-refractivity contribution in [2.24, 2.45) is 0 Å². The maximum Gasteiger partial charge on any atom is 0.0628 e. The molecule has 0 amide bonds. The molecule has 1 atom stereocenters. The van der Waals surface area contributed by atoms with Crippen molar-refractivity contribution in [2.75, 3.05) is 26.3 Å². The summed E-state index contributed by atoms with van der Waals surface area (Å²) in [6.07, 6.45) is 3.76. The molecule has 4 rings (SSSR count). The normalized spacial score (nSPS) is 17.4. The number of morpholine rings is 1. The van der Waals surface area contributed by atoms with Gasteiger partial charge in [-0.2, -0.15) is 0 Å². The number of nitrogens with one attached hydrogen (secondary N) is 1. The zero-order valence-electron chi connectivity index (χ0n) is 13.3. The number of ether oxygens (including phenoxy) is 1. The largest absolute Gasteiger partial charge is 0.379 e. The van der Waals surface area contributed by atoms with Crippen molar-refractivity contribution in [1.82, 2.24) is 14.9 Å². The summed E-state index contributed by atoms with van der Waals surface area (Å²) < 4.78 is 5.56. The maximum atomic E-state index is 5.56. The molecule has 1 fully saturated rings. The van der Waals surface area contributed by atoms with E-state index in [1.807, 2.05) is 12.4 Å². The molecule has 2 aromatic heterocycles. The van der Waals surface area contributed by atoms with Crippen molar-refractivity contribution in [3.8, 4) is 0 Å². The highest BCUT2D eigenvalue weighted by Crippen LogP contribution is 2.36. The lowest BCUT2D eigenvalue weighted by Gasteiger charge is -2.35. The number of aryl methyl sites for hydroxylation is 1. The number of H-pyrrole nitrogens is 1. The summed E-state index contributed by atoms with van der Waals surface area (Å²) in [7, 11) is 0. The predicted octanol–water partition coefficient (Wildman–Crippen LogP) is 3.29. The van der Waals surface area contributed by atoms with Crippen LogP contribution in [0.15, 0.2) is 48.8 Å². The monoisotopic (exact) mass is 307 g/mol. The number of pyridine rings is 1. The van der Waals surface area contributed by atoms with E-state index in [4.69, 9.17) is 4.74 Å². The van der Waals surface area contributed by atoms with Gasteiger partial charge >= 0.3 is 0 Å². The zero-order valence-corrected chi connectivity index (χ0v) is 13.3. The molecular formula is C19H21N3O. The van der Waals surface area contributed by atoms with Gasteiger partial charge in [0.2, 0.25) is 0 Å². The van der Waals surface area contributed by atoms with Crippen LogP contribution in [0.3, 0.4) is 0 Å². The standard InChI is InChI=1S/C19H21N3O/c1-14-18(16-4-2-3-5-17(16)21-14)19(15-6-8-20-9-7-15)22-10-12-23-13-11-22/h2-9,19,21H,10-13H2,1H3/t19-/m0/s1. The quantitative estimate of drug-likeness (QED) is 0.807. The van der Waals surface area contributed by atoms with Crippen LogP contribution in [0.1, 0.15) is 22.9 Å². The third-order valence-corrected chi connectivity index (χ3v) is 4.65. The Bertz CT molecular complexity index is 791. The lowest BCUT2D eigenvalue weighted by molar-refractivity contribution is 0.0241. The highest BCUT2D eigenvalue weighted by atomic mass is 16.5. The van der Waals surface area contributed by atoms with E-state index in [9.17, 15) is 0 Å². The van der Waals surface area contributed by atoms with Gasteiger partial charge in [-0.25, -0.2) is 0 Å². The number of aromatic amines is 1. The number of para-hydroxylation sites is 1. The lowest BCUT2D eigenvalue weighted by atomic mass is 9.95. The van der Waals surface area contributed by atoms with Gasteiger partial charge in [0.25, 0.3) is 0 Å². The third kappa shape index (κ3) is 2.64. The van der Waals surface area contributed by atoms with Crippen LogP contribution in [0.4, 0.5) is 0 Å². The number of nitrogens with zero attached hydrogens (tertiary/aromatic N) is 2. The highest BCUT2D eigenvalue weighted by molar-refractivity contribution is 5.85. The minimum absolute atomic E-state index is 0.234. The number of hydrogen-bond donors (Lipinski definition) is 1. The Morgan fingerprint density at radius 1 is 1.09 bits per heavy atom. The molecule has 1 saturated heterocycles. The summed E-state index contributed by atoms with van der Waals surface area (Å²) in [6.45, 7) is 5.66. The summed E-state index contributed by atoms with van der Waals surface area (Å²) >= 11 is 0. The Balaban J connectivity index is 1.88. The van der Waals surface area contributed by atoms with Gasteiger partial charge in [0.05, 0.1) is 19.3 Å². The SMILES string of the molecule is Cc1[nH]c2ccccc2c1[C@H](c1ccncc1)N1CCOCC1. The second-order valence-electron chi connectivity index (χ2n) is 6.04. The van der Waals surface area contributed by atoms with Gasteiger partial charge < -0.3 is 9.72 Å². The Kier molecular flexibility index (Phi) is 3.85. The molecule has 0 unspecified atom stereocenters. The van der Waals surface area contributed by atoms with Gasteiger partial charge in [-0.15, -0.1) is 0 Å². The van der Waals surface area contributed by atoms with Crippen LogP contribution in [0.2, 0.25) is 0 Å². The molecule has 3 aromatic rings. The number of rotatable bonds is 3. The van der Waals surface area contributed by atoms with Crippen molar-refractivity contribution in [1.29, 1.82) is 0 Å². The van der Waals surface area contributed by atoms with Crippen LogP contribution in [0.25, 0.3) is 10.9 Å². The minimum Gasteiger partial charge on any atom is -0.379 e. The zero-order chi connectivity index (χ0) is 15.6. The summed E-state index contributed by atoms with van der Waals surface area (Å²) in [4.78, 5) is 10.2. The second-order valence-corrected chi connectivity index (χ2v) is 6.04. The molecule has 1 aliphatic heterocycles. The van der Waals surface area contributed by atoms with Gasteiger partial charge in [0, 0.05) is 47.6 Å². The molecule has 0 bridgehead atoms. The number of hydrogen-bond acceptors (Lipinski definition) is 3. The Morgan fingerprint density at radius 2 is 1.83 bits per heavy atom. The molecular weight excluding hydrogens is 286 g/mol. The molecule has 4 heteroatoms. The van der Waals surface area contributed by atoms with E-state index >= 15 is 0 Å². The fraction of sp³-hybridized carbons (Fsp3) is 0.316. The number of fused-ring (bicyclic) bond motifs is 1. The summed E-state index contributed by atoms with van der Waals surface area (Å²) in [5, 5.41) is 1.30. The molecule has 1 N–H and O–H groups in total. The first-order valence-corrected chi connectivity index (χ1v) is 8.13. The molecule has 23 heavy (non-hydrogen) atoms. The molecule has 1 aliphatic rings. The second kappa shape index (κ2) is 6.14. The van der Waals surface area contributed by atoms with Crippen LogP contribution >= 0.6 is 0 Å². The number of benzene rings is 1. The van der Waals surface area contributed by atoms with E-state index in [-0.39, 0.29) is 6.04 Å². The van der Waals surface area contributed by atoms with Gasteiger partial charge in [-0.05, 0) is 30.7 Å². The van der Waals surface area contributed by atoms with Gasteiger partial charge in [-0.1, -0.05) is 18.2 Å². The highest BCUT2D eigenvalue weighted by Gasteiger charge is 2.28. The maximum absolute atomic E-state index is 5.56. The number of aromatic nitrogens is 2. The minimum atomic E-state index is 0.234. The van der Waals surface area contributed by atoms with Crippen LogP contribution in [-0.4, -0.2) is 41.2 Å². The summed E-state index contributed by atoms with van der Waals surface area (Å²) in [5.41, 5.74) is 5.09. The molecule has 0 spiro atoms. The Labute approximate surface area is 136 Å². The van der Waals surface area contributed by atoms with Gasteiger partial charge in [0.1, 0.15) is 0 Å². The van der Waals surface area contributed by atoms with Crippen molar-refractivity contribution in [3.63, 3.8) is 0 Å². The Hall–Kier alpha value is -2.17. The van der Waals surface area contributed by atoms with Crippen molar-refractivity contribution >= 4 is 10.9 Å². The summed E-state index contributed by atoms with van der Waals surface area (Å²) in [5.74, 6) is 0. The van der Waals surface area contributed by atoms with Gasteiger partial charge in [0.15, 0.2) is 0 Å². The van der Waals surface area contributed by atoms with E-state index < -0.39 is 0 Å². The predicted molar refractivity (Wildman–Crippen MR) is 91.5 cm³/mol. The molecule has 0 radical (unpaired) electrons. The fourth-order valence-corrected chi connectivity index (χ4v) is 3.59. The lowest BCUT2D eigenvalue weighted by Crippen LogP contribution is -2.39. The Morgan fingerprint density at radius 3 is 2.61 bits per heavy atom. The molecule has 1 aromatic carbocycles. The van der Waals surface area contributed by atoms with E-state index in [0.29, 0.717) is 0 Å². The average Bonchev–Trinajstić information content (AvgIpc) is 2.94. The molecule has 3 heterocycles. The van der Waals surface area contributed by atoms with Gasteiger partial charge in [-0.3, -0.25) is 9.88 Å². The van der Waals surface area contributed by atoms with Crippen LogP contribution in [0, 0.1) is 6.92 Å². The van der Waals surface area contributed by atoms with E-state index in [2.05, 4.69) is 58.2 Å². The molecule has 0 aliphatic carbocycles. The van der Waals surface area contributed by atoms with Crippen molar-refractivity contribution in [3.05, 3.63) is 65.6 Å². The fourth-order valence-electron chi connectivity index (χ4n) is 3.59. The van der Waals surface area contributed by atoms with Crippen LogP contribution < -0.4 is 0 Å². The smallest absolute Gasteiger partial charge is 0.0628 e. The first kappa shape index (κ1) is 14.4. The average molecular weight is 307 g/mol. The molecule has 0 saturated carbocycles. The topological polar surface area (TPSA) is 41.2 Å². The van der Waals surface area contributed by atoms with Crippen LogP contribution in [0.5, 0.6) is 0 Å². The van der Waals surface area contributed by atoms with E-state index in [1.165, 1.54) is 27.7 Å². The first-order chi connectivity index (χ1) is 11.3. The summed E-state index contributed by atoms with van der Waals surface area (Å²) in [6, 6.07) is 13.0. The van der Waals surface area contributed by atoms with E-state index in [0.717, 1.165) is 26.3 Å². The third-order valence-electron chi connectivity index (χ3n) is 4.65. The van der Waals surface area contributed by atoms with Crippen molar-refractivity contribution in [2.45, 2.75) is 13.0 Å². The van der Waals surface area contributed by atoms with E-state index in [1.54, 1.807) is 0 Å². The van der Waals surface area contributed by atoms with Crippen molar-refractivity contribution < 1.29 is 4.74 Å². The molecule has 4 nitrogen and oxygen atoms in total.